The molecule has 0 unspecified atom stereocenters. The summed E-state index contributed by atoms with van der Waals surface area (Å²) in [7, 11) is -0.496. The van der Waals surface area contributed by atoms with Crippen LogP contribution in [0.4, 0.5) is 0 Å². The van der Waals surface area contributed by atoms with Crippen LogP contribution in [0.3, 0.4) is 0 Å². The van der Waals surface area contributed by atoms with Crippen molar-refractivity contribution in [2.24, 2.45) is 0 Å². The highest BCUT2D eigenvalue weighted by atomic mass is 32.2. The summed E-state index contributed by atoms with van der Waals surface area (Å²) in [6, 6.07) is 3.17. The summed E-state index contributed by atoms with van der Waals surface area (Å²) in [5.74, 6) is 1.65. The minimum absolute atomic E-state index is 0.0100. The Kier molecular flexibility index (Phi) is 5.51. The number of nitrogens with zero attached hydrogens (tertiary/aromatic N) is 1. The van der Waals surface area contributed by atoms with Crippen LogP contribution in [0.25, 0.3) is 0 Å². The van der Waals surface area contributed by atoms with E-state index >= 15 is 0 Å². The molecule has 7 heteroatoms. The number of nitrogens with one attached hydrogen (secondary N) is 1. The van der Waals surface area contributed by atoms with Crippen molar-refractivity contribution in [1.82, 2.24) is 9.62 Å². The second kappa shape index (κ2) is 6.44. The fourth-order valence-corrected chi connectivity index (χ4v) is 2.32. The highest BCUT2D eigenvalue weighted by Gasteiger charge is 2.21. The lowest BCUT2D eigenvalue weighted by molar-refractivity contribution is 0.391. The molecule has 0 aliphatic rings. The van der Waals surface area contributed by atoms with Gasteiger partial charge in [-0.15, -0.1) is 0 Å². The maximum Gasteiger partial charge on any atom is 0.275 e. The molecule has 1 rings (SSSR count). The molecular formula is C10H18N2O3S2. The zero-order valence-electron chi connectivity index (χ0n) is 10.3. The molecule has 1 aromatic heterocycles. The van der Waals surface area contributed by atoms with E-state index < -0.39 is 10.0 Å². The Hall–Kier alpha value is -0.500. The Morgan fingerprint density at radius 3 is 2.71 bits per heavy atom. The SMILES string of the molecule is CSCCNCc1ccc(S(=O)(=O)N(C)C)o1. The average Bonchev–Trinajstić information content (AvgIpc) is 2.73. The maximum absolute atomic E-state index is 11.7. The van der Waals surface area contributed by atoms with Crippen LogP contribution < -0.4 is 5.32 Å². The van der Waals surface area contributed by atoms with Gasteiger partial charge in [0.2, 0.25) is 5.09 Å². The largest absolute Gasteiger partial charge is 0.447 e. The molecule has 0 fully saturated rings. The summed E-state index contributed by atoms with van der Waals surface area (Å²) in [6.45, 7) is 1.42. The fraction of sp³-hybridized carbons (Fsp3) is 0.600. The van der Waals surface area contributed by atoms with Gasteiger partial charge in [-0.25, -0.2) is 12.7 Å². The first-order valence-corrected chi connectivity index (χ1v) is 8.02. The molecule has 0 amide bonds. The molecule has 1 aromatic rings. The zero-order chi connectivity index (χ0) is 12.9. The second-order valence-electron chi connectivity index (χ2n) is 3.68. The van der Waals surface area contributed by atoms with Gasteiger partial charge in [-0.3, -0.25) is 0 Å². The molecular weight excluding hydrogens is 260 g/mol. The molecule has 0 aliphatic carbocycles. The molecule has 0 radical (unpaired) electrons. The van der Waals surface area contributed by atoms with Crippen LogP contribution in [0.1, 0.15) is 5.76 Å². The smallest absolute Gasteiger partial charge is 0.275 e. The van der Waals surface area contributed by atoms with Crippen LogP contribution in [0.15, 0.2) is 21.6 Å². The Balaban J connectivity index is 2.60. The molecule has 0 saturated carbocycles. The third-order valence-corrected chi connectivity index (χ3v) is 4.46. The van der Waals surface area contributed by atoms with Crippen LogP contribution in [0.2, 0.25) is 0 Å². The number of hydrogen-bond acceptors (Lipinski definition) is 5. The lowest BCUT2D eigenvalue weighted by atomic mass is 10.4. The molecule has 1 N–H and O–H groups in total. The van der Waals surface area contributed by atoms with E-state index in [4.69, 9.17) is 4.42 Å². The molecule has 5 nitrogen and oxygen atoms in total. The van der Waals surface area contributed by atoms with E-state index in [0.29, 0.717) is 12.3 Å². The highest BCUT2D eigenvalue weighted by Crippen LogP contribution is 2.16. The van der Waals surface area contributed by atoms with Gasteiger partial charge in [-0.2, -0.15) is 11.8 Å². The van der Waals surface area contributed by atoms with Crippen LogP contribution in [0.5, 0.6) is 0 Å². The van der Waals surface area contributed by atoms with Gasteiger partial charge in [0.1, 0.15) is 5.76 Å². The number of hydrogen-bond donors (Lipinski definition) is 1. The lowest BCUT2D eigenvalue weighted by Gasteiger charge is -2.07. The van der Waals surface area contributed by atoms with E-state index in [1.54, 1.807) is 17.8 Å². The van der Waals surface area contributed by atoms with E-state index in [1.807, 2.05) is 6.26 Å². The van der Waals surface area contributed by atoms with Gasteiger partial charge in [-0.05, 0) is 18.4 Å². The van der Waals surface area contributed by atoms with E-state index in [0.717, 1.165) is 16.6 Å². The van der Waals surface area contributed by atoms with Gasteiger partial charge >= 0.3 is 0 Å². The van der Waals surface area contributed by atoms with Crippen molar-refractivity contribution in [1.29, 1.82) is 0 Å². The minimum Gasteiger partial charge on any atom is -0.447 e. The third-order valence-electron chi connectivity index (χ3n) is 2.15. The summed E-state index contributed by atoms with van der Waals surface area (Å²) < 4.78 is 29.9. The van der Waals surface area contributed by atoms with Gasteiger partial charge in [0.25, 0.3) is 10.0 Å². The first-order chi connectivity index (χ1) is 7.98. The molecule has 0 bridgehead atoms. The fourth-order valence-electron chi connectivity index (χ4n) is 1.16. The standard InChI is InChI=1S/C10H18N2O3S2/c1-12(2)17(13,14)10-5-4-9(15-10)8-11-6-7-16-3/h4-5,11H,6-8H2,1-3H3. The number of thioether (sulfide) groups is 1. The molecule has 0 saturated heterocycles. The molecule has 0 aliphatic heterocycles. The van der Waals surface area contributed by atoms with Crippen molar-refractivity contribution in [2.45, 2.75) is 11.6 Å². The van der Waals surface area contributed by atoms with E-state index in [-0.39, 0.29) is 5.09 Å². The van der Waals surface area contributed by atoms with Crippen molar-refractivity contribution in [3.05, 3.63) is 17.9 Å². The summed E-state index contributed by atoms with van der Waals surface area (Å²) >= 11 is 1.75. The van der Waals surface area contributed by atoms with Gasteiger partial charge in [-0.1, -0.05) is 0 Å². The van der Waals surface area contributed by atoms with Crippen LogP contribution in [-0.2, 0) is 16.6 Å². The number of furan rings is 1. The summed E-state index contributed by atoms with van der Waals surface area (Å²) in [6.07, 6.45) is 2.04. The highest BCUT2D eigenvalue weighted by molar-refractivity contribution is 7.98. The van der Waals surface area contributed by atoms with Crippen molar-refractivity contribution in [3.63, 3.8) is 0 Å². The lowest BCUT2D eigenvalue weighted by Crippen LogP contribution is -2.21. The third kappa shape index (κ3) is 4.02. The topological polar surface area (TPSA) is 62.6 Å². The van der Waals surface area contributed by atoms with Crippen molar-refractivity contribution >= 4 is 21.8 Å². The molecule has 0 spiro atoms. The number of sulfonamides is 1. The van der Waals surface area contributed by atoms with E-state index in [9.17, 15) is 8.42 Å². The van der Waals surface area contributed by atoms with E-state index in [2.05, 4.69) is 5.32 Å². The van der Waals surface area contributed by atoms with Crippen LogP contribution in [0, 0.1) is 0 Å². The summed E-state index contributed by atoms with van der Waals surface area (Å²) in [5, 5.41) is 3.16. The monoisotopic (exact) mass is 278 g/mol. The molecule has 0 aromatic carbocycles. The van der Waals surface area contributed by atoms with Crippen LogP contribution in [-0.4, -0.2) is 45.4 Å². The second-order valence-corrected chi connectivity index (χ2v) is 6.75. The predicted molar refractivity (Wildman–Crippen MR) is 69.7 cm³/mol. The zero-order valence-corrected chi connectivity index (χ0v) is 11.9. The van der Waals surface area contributed by atoms with E-state index in [1.165, 1.54) is 20.2 Å². The van der Waals surface area contributed by atoms with Gasteiger partial charge in [0.05, 0.1) is 6.54 Å². The normalized spacial score (nSPS) is 12.2. The predicted octanol–water partition coefficient (Wildman–Crippen LogP) is 0.983. The summed E-state index contributed by atoms with van der Waals surface area (Å²) in [4.78, 5) is 0. The Labute approximate surface area is 107 Å². The van der Waals surface area contributed by atoms with Crippen molar-refractivity contribution in [3.8, 4) is 0 Å². The van der Waals surface area contributed by atoms with Crippen molar-refractivity contribution in [2.75, 3.05) is 32.6 Å². The van der Waals surface area contributed by atoms with Crippen LogP contribution >= 0.6 is 11.8 Å². The van der Waals surface area contributed by atoms with Crippen molar-refractivity contribution < 1.29 is 12.8 Å². The Morgan fingerprint density at radius 1 is 1.41 bits per heavy atom. The summed E-state index contributed by atoms with van der Waals surface area (Å²) in [5.41, 5.74) is 0. The molecule has 0 atom stereocenters. The minimum atomic E-state index is -3.46. The molecule has 98 valence electrons. The average molecular weight is 278 g/mol. The van der Waals surface area contributed by atoms with Gasteiger partial charge in [0.15, 0.2) is 0 Å². The molecule has 17 heavy (non-hydrogen) atoms. The first-order valence-electron chi connectivity index (χ1n) is 5.19. The maximum atomic E-state index is 11.7. The first kappa shape index (κ1) is 14.6. The Morgan fingerprint density at radius 2 is 2.12 bits per heavy atom. The quantitative estimate of drug-likeness (QED) is 0.753. The van der Waals surface area contributed by atoms with Gasteiger partial charge < -0.3 is 9.73 Å². The van der Waals surface area contributed by atoms with Gasteiger partial charge in [0, 0.05) is 26.4 Å². The number of rotatable bonds is 7. The molecule has 1 heterocycles. The Bertz CT molecular complexity index is 440.